The second kappa shape index (κ2) is 6.80. The normalized spacial score (nSPS) is 19.6. The van der Waals surface area contributed by atoms with E-state index in [4.69, 9.17) is 10.5 Å². The van der Waals surface area contributed by atoms with Crippen molar-refractivity contribution in [3.05, 3.63) is 23.8 Å². The van der Waals surface area contributed by atoms with Gasteiger partial charge in [-0.3, -0.25) is 9.69 Å². The average molecular weight is 291 g/mol. The van der Waals surface area contributed by atoms with Crippen molar-refractivity contribution in [2.45, 2.75) is 26.3 Å². The number of anilines is 1. The summed E-state index contributed by atoms with van der Waals surface area (Å²) in [6, 6.07) is 5.78. The van der Waals surface area contributed by atoms with E-state index >= 15 is 0 Å². The summed E-state index contributed by atoms with van der Waals surface area (Å²) in [6.07, 6.45) is 1.04. The predicted octanol–water partition coefficient (Wildman–Crippen LogP) is 1.83. The third-order valence-electron chi connectivity index (χ3n) is 4.10. The van der Waals surface area contributed by atoms with Gasteiger partial charge in [0.05, 0.1) is 17.9 Å². The molecule has 0 spiro atoms. The number of carbonyl (C=O) groups excluding carboxylic acids is 1. The first-order valence-electron chi connectivity index (χ1n) is 7.59. The van der Waals surface area contributed by atoms with Gasteiger partial charge in [-0.25, -0.2) is 0 Å². The molecule has 1 heterocycles. The Morgan fingerprint density at radius 1 is 1.38 bits per heavy atom. The van der Waals surface area contributed by atoms with Crippen LogP contribution in [0.1, 0.15) is 30.6 Å². The van der Waals surface area contributed by atoms with Crippen LogP contribution in [0, 0.1) is 0 Å². The molecule has 116 valence electrons. The lowest BCUT2D eigenvalue weighted by molar-refractivity contribution is 0.0538. The lowest BCUT2D eigenvalue weighted by Gasteiger charge is -2.39. The molecule has 0 radical (unpaired) electrons. The predicted molar refractivity (Wildman–Crippen MR) is 84.6 cm³/mol. The van der Waals surface area contributed by atoms with Gasteiger partial charge in [-0.15, -0.1) is 0 Å². The molecule has 5 heteroatoms. The van der Waals surface area contributed by atoms with Gasteiger partial charge in [0, 0.05) is 25.7 Å². The van der Waals surface area contributed by atoms with Crippen LogP contribution in [-0.2, 0) is 0 Å². The van der Waals surface area contributed by atoms with E-state index in [0.29, 0.717) is 29.6 Å². The molecular formula is C16H25N3O2. The molecule has 2 rings (SSSR count). The maximum atomic E-state index is 12.8. The average Bonchev–Trinajstić information content (AvgIpc) is 2.49. The van der Waals surface area contributed by atoms with Crippen LogP contribution >= 0.6 is 0 Å². The summed E-state index contributed by atoms with van der Waals surface area (Å²) in [5.74, 6) is 0.522. The quantitative estimate of drug-likeness (QED) is 0.860. The summed E-state index contributed by atoms with van der Waals surface area (Å²) >= 11 is 0. The molecule has 1 aliphatic rings. The minimum absolute atomic E-state index is 0.0114. The highest BCUT2D eigenvalue weighted by atomic mass is 16.5. The van der Waals surface area contributed by atoms with Crippen LogP contribution in [0.25, 0.3) is 0 Å². The van der Waals surface area contributed by atoms with Crippen molar-refractivity contribution in [1.82, 2.24) is 9.80 Å². The van der Waals surface area contributed by atoms with Crippen LogP contribution in [0.15, 0.2) is 18.2 Å². The van der Waals surface area contributed by atoms with Gasteiger partial charge in [0.1, 0.15) is 0 Å². The number of nitrogen functional groups attached to an aromatic ring is 1. The molecule has 1 aliphatic heterocycles. The van der Waals surface area contributed by atoms with Crippen molar-refractivity contribution in [1.29, 1.82) is 0 Å². The summed E-state index contributed by atoms with van der Waals surface area (Å²) in [6.45, 7) is 6.94. The van der Waals surface area contributed by atoms with E-state index in [1.54, 1.807) is 18.2 Å². The van der Waals surface area contributed by atoms with Crippen molar-refractivity contribution in [2.24, 2.45) is 0 Å². The monoisotopic (exact) mass is 291 g/mol. The molecule has 1 atom stereocenters. The Kier molecular flexibility index (Phi) is 5.07. The number of piperazine rings is 1. The third-order valence-corrected chi connectivity index (χ3v) is 4.10. The fourth-order valence-corrected chi connectivity index (χ4v) is 2.77. The Hall–Kier alpha value is -1.75. The van der Waals surface area contributed by atoms with Gasteiger partial charge >= 0.3 is 0 Å². The van der Waals surface area contributed by atoms with E-state index < -0.39 is 0 Å². The Morgan fingerprint density at radius 2 is 2.14 bits per heavy atom. The third kappa shape index (κ3) is 3.29. The van der Waals surface area contributed by atoms with E-state index in [1.165, 1.54) is 0 Å². The first-order valence-corrected chi connectivity index (χ1v) is 7.59. The van der Waals surface area contributed by atoms with Crippen LogP contribution < -0.4 is 10.5 Å². The number of carbonyl (C=O) groups is 1. The van der Waals surface area contributed by atoms with E-state index in [-0.39, 0.29) is 5.91 Å². The summed E-state index contributed by atoms with van der Waals surface area (Å²) in [7, 11) is 2.11. The van der Waals surface area contributed by atoms with Gasteiger partial charge in [0.2, 0.25) is 0 Å². The number of rotatable bonds is 4. The van der Waals surface area contributed by atoms with Crippen LogP contribution in [-0.4, -0.2) is 55.0 Å². The molecule has 0 aliphatic carbocycles. The number of nitrogens with two attached hydrogens (primary N) is 1. The summed E-state index contributed by atoms with van der Waals surface area (Å²) in [5.41, 5.74) is 7.03. The van der Waals surface area contributed by atoms with Crippen LogP contribution in [0.5, 0.6) is 5.75 Å². The zero-order chi connectivity index (χ0) is 15.4. The lowest BCUT2D eigenvalue weighted by atomic mass is 10.1. The van der Waals surface area contributed by atoms with Gasteiger partial charge in [0.15, 0.2) is 5.75 Å². The zero-order valence-electron chi connectivity index (χ0n) is 13.1. The lowest BCUT2D eigenvalue weighted by Crippen LogP contribution is -2.53. The van der Waals surface area contributed by atoms with Crippen LogP contribution in [0.4, 0.5) is 5.69 Å². The van der Waals surface area contributed by atoms with Crippen molar-refractivity contribution in [3.8, 4) is 5.75 Å². The number of hydrogen-bond donors (Lipinski definition) is 1. The number of benzene rings is 1. The number of ether oxygens (including phenoxy) is 1. The van der Waals surface area contributed by atoms with E-state index in [2.05, 4.69) is 18.9 Å². The van der Waals surface area contributed by atoms with E-state index in [1.807, 2.05) is 11.8 Å². The topological polar surface area (TPSA) is 58.8 Å². The van der Waals surface area contributed by atoms with E-state index in [0.717, 1.165) is 26.1 Å². The van der Waals surface area contributed by atoms with Crippen molar-refractivity contribution < 1.29 is 9.53 Å². The molecule has 1 unspecified atom stereocenters. The first kappa shape index (κ1) is 15.6. The zero-order valence-corrected chi connectivity index (χ0v) is 13.1. The number of hydrogen-bond acceptors (Lipinski definition) is 4. The fraction of sp³-hybridized carbons (Fsp3) is 0.562. The SMILES string of the molecule is CCOc1c(N)cccc1C(=O)N1CCN(C)C(CC)C1. The molecule has 1 aromatic rings. The highest BCUT2D eigenvalue weighted by molar-refractivity contribution is 5.98. The molecule has 1 saturated heterocycles. The summed E-state index contributed by atoms with van der Waals surface area (Å²) in [5, 5.41) is 0. The highest BCUT2D eigenvalue weighted by Gasteiger charge is 2.28. The van der Waals surface area contributed by atoms with Crippen LogP contribution in [0.3, 0.4) is 0 Å². The Bertz CT molecular complexity index is 504. The fourth-order valence-electron chi connectivity index (χ4n) is 2.77. The molecule has 1 amide bonds. The second-order valence-electron chi connectivity index (χ2n) is 5.45. The van der Waals surface area contributed by atoms with Crippen molar-refractivity contribution >= 4 is 11.6 Å². The maximum absolute atomic E-state index is 12.8. The first-order chi connectivity index (χ1) is 10.1. The molecule has 21 heavy (non-hydrogen) atoms. The van der Waals surface area contributed by atoms with Gasteiger partial charge in [-0.2, -0.15) is 0 Å². The number of amides is 1. The summed E-state index contributed by atoms with van der Waals surface area (Å²) < 4.78 is 5.57. The van der Waals surface area contributed by atoms with Crippen molar-refractivity contribution in [3.63, 3.8) is 0 Å². The number of likely N-dealkylation sites (N-methyl/N-ethyl adjacent to an activating group) is 1. The molecular weight excluding hydrogens is 266 g/mol. The Labute approximate surface area is 126 Å². The second-order valence-corrected chi connectivity index (χ2v) is 5.45. The molecule has 0 saturated carbocycles. The van der Waals surface area contributed by atoms with Gasteiger partial charge in [-0.05, 0) is 32.5 Å². The van der Waals surface area contributed by atoms with Gasteiger partial charge < -0.3 is 15.4 Å². The highest BCUT2D eigenvalue weighted by Crippen LogP contribution is 2.28. The maximum Gasteiger partial charge on any atom is 0.257 e. The summed E-state index contributed by atoms with van der Waals surface area (Å²) in [4.78, 5) is 17.0. The molecule has 0 bridgehead atoms. The van der Waals surface area contributed by atoms with E-state index in [9.17, 15) is 4.79 Å². The smallest absolute Gasteiger partial charge is 0.257 e. The Morgan fingerprint density at radius 3 is 2.81 bits per heavy atom. The molecule has 0 aromatic heterocycles. The van der Waals surface area contributed by atoms with Gasteiger partial charge in [-0.1, -0.05) is 13.0 Å². The minimum atomic E-state index is 0.0114. The number of nitrogens with zero attached hydrogens (tertiary/aromatic N) is 2. The molecule has 1 fully saturated rings. The van der Waals surface area contributed by atoms with Crippen molar-refractivity contribution in [2.75, 3.05) is 39.0 Å². The number of para-hydroxylation sites is 1. The molecule has 5 nitrogen and oxygen atoms in total. The van der Waals surface area contributed by atoms with Crippen LogP contribution in [0.2, 0.25) is 0 Å². The molecule has 1 aromatic carbocycles. The van der Waals surface area contributed by atoms with Gasteiger partial charge in [0.25, 0.3) is 5.91 Å². The largest absolute Gasteiger partial charge is 0.491 e. The Balaban J connectivity index is 2.22. The minimum Gasteiger partial charge on any atom is -0.491 e. The molecule has 2 N–H and O–H groups in total. The standard InChI is InChI=1S/C16H25N3O2/c1-4-12-11-19(10-9-18(12)3)16(20)13-7-6-8-14(17)15(13)21-5-2/h6-8,12H,4-5,9-11,17H2,1-3H3.